The molecule has 0 aromatic heterocycles. The van der Waals surface area contributed by atoms with Crippen molar-refractivity contribution in [3.05, 3.63) is 48.5 Å². The smallest absolute Gasteiger partial charge is 0.204 e. The largest absolute Gasteiger partial charge is 0.507 e. The van der Waals surface area contributed by atoms with Crippen LogP contribution >= 0.6 is 0 Å². The zero-order valence-electron chi connectivity index (χ0n) is 8.76. The van der Waals surface area contributed by atoms with Crippen LogP contribution in [-0.4, -0.2) is 11.5 Å². The fraction of sp³-hybridized carbons (Fsp3) is 0. The maximum atomic E-state index is 9.54. The van der Waals surface area contributed by atoms with E-state index in [2.05, 4.69) is 12.3 Å². The Balaban J connectivity index is 0.000000386. The van der Waals surface area contributed by atoms with Crippen LogP contribution in [0.5, 0.6) is 5.75 Å². The van der Waals surface area contributed by atoms with E-state index < -0.39 is 0 Å². The van der Waals surface area contributed by atoms with Crippen molar-refractivity contribution in [2.24, 2.45) is 5.73 Å². The van der Waals surface area contributed by atoms with Crippen LogP contribution in [0.25, 0.3) is 16.8 Å². The molecule has 0 fully saturated rings. The highest BCUT2D eigenvalue weighted by Crippen LogP contribution is 2.27. The van der Waals surface area contributed by atoms with Crippen LogP contribution in [0.4, 0.5) is 0 Å². The van der Waals surface area contributed by atoms with Gasteiger partial charge >= 0.3 is 0 Å². The first-order valence-electron chi connectivity index (χ1n) is 4.73. The molecule has 0 bridgehead atoms. The first kappa shape index (κ1) is 11.8. The molecule has 2 aromatic carbocycles. The van der Waals surface area contributed by atoms with Crippen LogP contribution in [0, 0.1) is 0 Å². The van der Waals surface area contributed by atoms with Crippen molar-refractivity contribution in [2.45, 2.75) is 0 Å². The molecule has 0 saturated heterocycles. The predicted octanol–water partition coefficient (Wildman–Crippen LogP) is 2.29. The van der Waals surface area contributed by atoms with Crippen LogP contribution < -0.4 is 5.73 Å². The third kappa shape index (κ3) is 2.39. The molecule has 1 amide bonds. The number of carbonyl (C=O) groups is 1. The molecular weight excluding hydrogens is 202 g/mol. The number of hydrogen-bond acceptors (Lipinski definition) is 2. The lowest BCUT2D eigenvalue weighted by Gasteiger charge is -2.03. The molecule has 3 nitrogen and oxygen atoms in total. The first-order valence-corrected chi connectivity index (χ1v) is 4.73. The SMILES string of the molecule is C=Cc1c(O)ccc2ccccc12.NC=O. The monoisotopic (exact) mass is 215 g/mol. The fourth-order valence-electron chi connectivity index (χ4n) is 1.50. The summed E-state index contributed by atoms with van der Waals surface area (Å²) in [5, 5.41) is 11.7. The summed E-state index contributed by atoms with van der Waals surface area (Å²) in [6.45, 7) is 3.68. The molecule has 0 aliphatic heterocycles. The number of amides is 1. The molecule has 0 heterocycles. The van der Waals surface area contributed by atoms with E-state index >= 15 is 0 Å². The van der Waals surface area contributed by atoms with Crippen molar-refractivity contribution < 1.29 is 9.90 Å². The van der Waals surface area contributed by atoms with E-state index in [1.165, 1.54) is 0 Å². The highest BCUT2D eigenvalue weighted by atomic mass is 16.3. The van der Waals surface area contributed by atoms with E-state index in [-0.39, 0.29) is 12.2 Å². The Hall–Kier alpha value is -2.29. The van der Waals surface area contributed by atoms with Crippen molar-refractivity contribution in [2.75, 3.05) is 0 Å². The number of fused-ring (bicyclic) bond motifs is 1. The third-order valence-corrected chi connectivity index (χ3v) is 2.15. The molecule has 0 radical (unpaired) electrons. The summed E-state index contributed by atoms with van der Waals surface area (Å²) < 4.78 is 0. The Morgan fingerprint density at radius 3 is 2.44 bits per heavy atom. The van der Waals surface area contributed by atoms with Gasteiger partial charge in [-0.15, -0.1) is 0 Å². The van der Waals surface area contributed by atoms with E-state index in [0.717, 1.165) is 16.3 Å². The standard InChI is InChI=1S/C12H10O.CH3NO/c1-2-10-11-6-4-3-5-9(11)7-8-12(10)13;2-1-3/h2-8,13H,1H2;1H,(H2,2,3). The third-order valence-electron chi connectivity index (χ3n) is 2.15. The van der Waals surface area contributed by atoms with Gasteiger partial charge in [0.2, 0.25) is 6.41 Å². The van der Waals surface area contributed by atoms with Crippen molar-refractivity contribution in [3.63, 3.8) is 0 Å². The number of phenolic OH excluding ortho intramolecular Hbond substituents is 1. The number of hydrogen-bond donors (Lipinski definition) is 2. The van der Waals surface area contributed by atoms with Crippen LogP contribution in [0.2, 0.25) is 0 Å². The van der Waals surface area contributed by atoms with Crippen LogP contribution in [-0.2, 0) is 4.79 Å². The topological polar surface area (TPSA) is 63.3 Å². The number of phenols is 1. The molecule has 82 valence electrons. The molecule has 0 aliphatic rings. The molecule has 0 aliphatic carbocycles. The van der Waals surface area contributed by atoms with Gasteiger partial charge in [-0.25, -0.2) is 0 Å². The Morgan fingerprint density at radius 2 is 1.81 bits per heavy atom. The van der Waals surface area contributed by atoms with Crippen molar-refractivity contribution in [1.29, 1.82) is 0 Å². The molecule has 0 unspecified atom stereocenters. The Kier molecular flexibility index (Phi) is 4.09. The maximum Gasteiger partial charge on any atom is 0.204 e. The second-order valence-corrected chi connectivity index (χ2v) is 3.06. The number of aromatic hydroxyl groups is 1. The zero-order chi connectivity index (χ0) is 12.0. The van der Waals surface area contributed by atoms with E-state index in [1.54, 1.807) is 12.1 Å². The second-order valence-electron chi connectivity index (χ2n) is 3.06. The minimum absolute atomic E-state index is 0.250. The quantitative estimate of drug-likeness (QED) is 0.717. The number of rotatable bonds is 1. The molecule has 0 atom stereocenters. The van der Waals surface area contributed by atoms with E-state index in [4.69, 9.17) is 4.79 Å². The van der Waals surface area contributed by atoms with Gasteiger partial charge in [0.25, 0.3) is 0 Å². The summed E-state index contributed by atoms with van der Waals surface area (Å²) in [7, 11) is 0. The Labute approximate surface area is 93.8 Å². The Morgan fingerprint density at radius 1 is 1.19 bits per heavy atom. The van der Waals surface area contributed by atoms with Crippen LogP contribution in [0.3, 0.4) is 0 Å². The van der Waals surface area contributed by atoms with Gasteiger partial charge in [0.05, 0.1) is 0 Å². The lowest BCUT2D eigenvalue weighted by molar-refractivity contribution is -0.106. The molecule has 3 N–H and O–H groups in total. The number of carbonyl (C=O) groups excluding carboxylic acids is 1. The minimum Gasteiger partial charge on any atom is -0.507 e. The highest BCUT2D eigenvalue weighted by Gasteiger charge is 2.01. The van der Waals surface area contributed by atoms with Gasteiger partial charge in [-0.1, -0.05) is 43.0 Å². The summed E-state index contributed by atoms with van der Waals surface area (Å²) in [5.74, 6) is 0.286. The van der Waals surface area contributed by atoms with Crippen LogP contribution in [0.1, 0.15) is 5.56 Å². The zero-order valence-corrected chi connectivity index (χ0v) is 8.76. The Bertz CT molecular complexity index is 506. The minimum atomic E-state index is 0.250. The lowest BCUT2D eigenvalue weighted by atomic mass is 10.0. The van der Waals surface area contributed by atoms with Gasteiger partial charge < -0.3 is 10.8 Å². The average Bonchev–Trinajstić information content (AvgIpc) is 2.30. The number of benzene rings is 2. The first-order chi connectivity index (χ1) is 7.74. The van der Waals surface area contributed by atoms with Crippen molar-refractivity contribution in [3.8, 4) is 5.75 Å². The molecule has 3 heteroatoms. The van der Waals surface area contributed by atoms with Gasteiger partial charge in [-0.2, -0.15) is 0 Å². The molecular formula is C13H13NO2. The highest BCUT2D eigenvalue weighted by molar-refractivity contribution is 5.92. The summed E-state index contributed by atoms with van der Waals surface area (Å²) in [6.07, 6.45) is 1.93. The summed E-state index contributed by atoms with van der Waals surface area (Å²) >= 11 is 0. The van der Waals surface area contributed by atoms with Gasteiger partial charge in [0.1, 0.15) is 5.75 Å². The van der Waals surface area contributed by atoms with Gasteiger partial charge in [0, 0.05) is 5.56 Å². The van der Waals surface area contributed by atoms with Crippen molar-refractivity contribution >= 4 is 23.3 Å². The van der Waals surface area contributed by atoms with Gasteiger partial charge in [-0.05, 0) is 16.8 Å². The second kappa shape index (κ2) is 5.56. The molecule has 0 spiro atoms. The molecule has 16 heavy (non-hydrogen) atoms. The predicted molar refractivity (Wildman–Crippen MR) is 66.0 cm³/mol. The number of primary amides is 1. The summed E-state index contributed by atoms with van der Waals surface area (Å²) in [6, 6.07) is 11.5. The van der Waals surface area contributed by atoms with E-state index in [9.17, 15) is 5.11 Å². The van der Waals surface area contributed by atoms with E-state index in [0.29, 0.717) is 0 Å². The number of nitrogens with two attached hydrogens (primary N) is 1. The molecule has 2 rings (SSSR count). The van der Waals surface area contributed by atoms with E-state index in [1.807, 2.05) is 30.3 Å². The normalized spacial score (nSPS) is 9.00. The van der Waals surface area contributed by atoms with Crippen LogP contribution in [0.15, 0.2) is 43.0 Å². The maximum absolute atomic E-state index is 9.54. The molecule has 0 saturated carbocycles. The fourth-order valence-corrected chi connectivity index (χ4v) is 1.50. The summed E-state index contributed by atoms with van der Waals surface area (Å²) in [4.78, 5) is 8.58. The average molecular weight is 215 g/mol. The lowest BCUT2D eigenvalue weighted by Crippen LogP contribution is -1.82. The van der Waals surface area contributed by atoms with Gasteiger partial charge in [-0.3, -0.25) is 4.79 Å². The molecule has 2 aromatic rings. The summed E-state index contributed by atoms with van der Waals surface area (Å²) in [5.41, 5.74) is 4.97. The van der Waals surface area contributed by atoms with Crippen molar-refractivity contribution in [1.82, 2.24) is 0 Å². The van der Waals surface area contributed by atoms with Gasteiger partial charge in [0.15, 0.2) is 0 Å².